The lowest BCUT2D eigenvalue weighted by molar-refractivity contribution is -0.140. The Labute approximate surface area is 264 Å². The summed E-state index contributed by atoms with van der Waals surface area (Å²) >= 11 is 6.48. The molecule has 1 aliphatic rings. The zero-order valence-corrected chi connectivity index (χ0v) is 26.6. The Bertz CT molecular complexity index is 1510. The highest BCUT2D eigenvalue weighted by molar-refractivity contribution is 7.92. The van der Waals surface area contributed by atoms with Crippen LogP contribution in [0.1, 0.15) is 57.9 Å². The number of anilines is 1. The van der Waals surface area contributed by atoms with E-state index in [1.54, 1.807) is 48.5 Å². The van der Waals surface area contributed by atoms with Crippen molar-refractivity contribution in [2.75, 3.05) is 17.5 Å². The lowest BCUT2D eigenvalue weighted by atomic mass is 9.95. The van der Waals surface area contributed by atoms with Crippen molar-refractivity contribution < 1.29 is 27.1 Å². The molecule has 236 valence electrons. The molecule has 4 rings (SSSR count). The number of hydrogen-bond acceptors (Lipinski definition) is 5. The molecule has 0 unspecified atom stereocenters. The Morgan fingerprint density at radius 1 is 0.977 bits per heavy atom. The SMILES string of the molecule is CCOc1ccc(N(CC(=O)N(Cc2ccccc2Cl)[C@H](CC)C(=O)NC2CCCCC2)S(=O)(=O)c2ccc(F)cc2)cc1. The Kier molecular flexibility index (Phi) is 11.6. The van der Waals surface area contributed by atoms with Crippen LogP contribution in [0.4, 0.5) is 10.1 Å². The van der Waals surface area contributed by atoms with Gasteiger partial charge >= 0.3 is 0 Å². The second kappa shape index (κ2) is 15.4. The minimum atomic E-state index is -4.33. The number of ether oxygens (including phenoxy) is 1. The molecule has 44 heavy (non-hydrogen) atoms. The highest BCUT2D eigenvalue weighted by Crippen LogP contribution is 2.28. The van der Waals surface area contributed by atoms with Crippen LogP contribution in [-0.4, -0.2) is 50.4 Å². The number of carbonyl (C=O) groups is 2. The van der Waals surface area contributed by atoms with Crippen molar-refractivity contribution in [3.63, 3.8) is 0 Å². The number of hydrogen-bond donors (Lipinski definition) is 1. The van der Waals surface area contributed by atoms with Crippen molar-refractivity contribution in [2.45, 2.75) is 75.9 Å². The number of sulfonamides is 1. The van der Waals surface area contributed by atoms with Gasteiger partial charge in [0.1, 0.15) is 24.2 Å². The van der Waals surface area contributed by atoms with Gasteiger partial charge in [-0.15, -0.1) is 0 Å². The molecular weight excluding hydrogens is 605 g/mol. The number of benzene rings is 3. The minimum absolute atomic E-state index is 0.00279. The predicted molar refractivity (Wildman–Crippen MR) is 170 cm³/mol. The van der Waals surface area contributed by atoms with Crippen molar-refractivity contribution >= 4 is 39.1 Å². The van der Waals surface area contributed by atoms with Crippen LogP contribution in [0.3, 0.4) is 0 Å². The average Bonchev–Trinajstić information content (AvgIpc) is 3.02. The van der Waals surface area contributed by atoms with Crippen molar-refractivity contribution in [1.29, 1.82) is 0 Å². The molecule has 1 saturated carbocycles. The summed E-state index contributed by atoms with van der Waals surface area (Å²) < 4.78 is 48.1. The summed E-state index contributed by atoms with van der Waals surface area (Å²) in [6.07, 6.45) is 5.25. The second-order valence-electron chi connectivity index (χ2n) is 10.8. The monoisotopic (exact) mass is 643 g/mol. The molecule has 11 heteroatoms. The normalized spacial score (nSPS) is 14.5. The highest BCUT2D eigenvalue weighted by Gasteiger charge is 2.34. The highest BCUT2D eigenvalue weighted by atomic mass is 35.5. The molecule has 3 aromatic rings. The van der Waals surface area contributed by atoms with Gasteiger partial charge in [-0.1, -0.05) is 56.0 Å². The van der Waals surface area contributed by atoms with E-state index in [1.807, 2.05) is 13.8 Å². The minimum Gasteiger partial charge on any atom is -0.494 e. The molecule has 2 amide bonds. The van der Waals surface area contributed by atoms with Crippen LogP contribution in [0.2, 0.25) is 5.02 Å². The van der Waals surface area contributed by atoms with E-state index in [-0.39, 0.29) is 29.1 Å². The molecule has 0 spiro atoms. The average molecular weight is 644 g/mol. The third-order valence-corrected chi connectivity index (χ3v) is 9.91. The van der Waals surface area contributed by atoms with Crippen LogP contribution in [0.5, 0.6) is 5.75 Å². The van der Waals surface area contributed by atoms with E-state index < -0.39 is 34.3 Å². The summed E-state index contributed by atoms with van der Waals surface area (Å²) in [5.74, 6) is -0.926. The van der Waals surface area contributed by atoms with E-state index in [0.717, 1.165) is 60.7 Å². The van der Waals surface area contributed by atoms with E-state index in [9.17, 15) is 22.4 Å². The van der Waals surface area contributed by atoms with E-state index in [2.05, 4.69) is 5.32 Å². The summed E-state index contributed by atoms with van der Waals surface area (Å²) in [4.78, 5) is 29.1. The standard InChI is InChI=1S/C33H39ClFN3O5S/c1-3-31(33(40)36-26-11-6-5-7-12-26)37(22-24-10-8-9-13-30(24)34)32(39)23-38(27-16-18-28(19-17-27)43-4-2)44(41,42)29-20-14-25(35)15-21-29/h8-10,13-21,26,31H,3-7,11-12,22-23H2,1-2H3,(H,36,40)/t31-/m1/s1. The fourth-order valence-corrected chi connectivity index (χ4v) is 7.02. The van der Waals surface area contributed by atoms with Crippen LogP contribution in [0.25, 0.3) is 0 Å². The Hall–Kier alpha value is -3.63. The largest absolute Gasteiger partial charge is 0.494 e. The summed E-state index contributed by atoms with van der Waals surface area (Å²) in [5, 5.41) is 3.55. The van der Waals surface area contributed by atoms with Gasteiger partial charge in [-0.05, 0) is 86.3 Å². The molecule has 1 atom stereocenters. The molecule has 0 aromatic heterocycles. The van der Waals surface area contributed by atoms with Gasteiger partial charge < -0.3 is 15.0 Å². The van der Waals surface area contributed by atoms with Crippen LogP contribution in [0.15, 0.2) is 77.7 Å². The fraction of sp³-hybridized carbons (Fsp3) is 0.394. The maximum Gasteiger partial charge on any atom is 0.264 e. The maximum absolute atomic E-state index is 14.3. The van der Waals surface area contributed by atoms with E-state index >= 15 is 0 Å². The molecule has 3 aromatic carbocycles. The number of nitrogens with one attached hydrogen (secondary N) is 1. The van der Waals surface area contributed by atoms with Gasteiger partial charge in [-0.3, -0.25) is 13.9 Å². The fourth-order valence-electron chi connectivity index (χ4n) is 5.41. The first-order valence-corrected chi connectivity index (χ1v) is 16.8. The van der Waals surface area contributed by atoms with Crippen LogP contribution >= 0.6 is 11.6 Å². The Morgan fingerprint density at radius 3 is 2.25 bits per heavy atom. The molecule has 0 saturated heterocycles. The molecule has 1 aliphatic carbocycles. The van der Waals surface area contributed by atoms with Gasteiger partial charge in [0.2, 0.25) is 11.8 Å². The van der Waals surface area contributed by atoms with Gasteiger partial charge in [-0.25, -0.2) is 12.8 Å². The zero-order chi connectivity index (χ0) is 31.7. The number of nitrogens with zero attached hydrogens (tertiary/aromatic N) is 2. The molecule has 8 nitrogen and oxygen atoms in total. The Balaban J connectivity index is 1.71. The van der Waals surface area contributed by atoms with Gasteiger partial charge in [0.25, 0.3) is 10.0 Å². The van der Waals surface area contributed by atoms with E-state index in [1.165, 1.54) is 4.90 Å². The summed E-state index contributed by atoms with van der Waals surface area (Å²) in [5.41, 5.74) is 0.837. The maximum atomic E-state index is 14.3. The van der Waals surface area contributed by atoms with Crippen molar-refractivity contribution in [3.8, 4) is 5.75 Å². The van der Waals surface area contributed by atoms with Crippen LogP contribution < -0.4 is 14.4 Å². The van der Waals surface area contributed by atoms with Crippen molar-refractivity contribution in [3.05, 3.63) is 89.2 Å². The quantitative estimate of drug-likeness (QED) is 0.235. The third-order valence-electron chi connectivity index (χ3n) is 7.75. The van der Waals surface area contributed by atoms with Gasteiger partial charge in [0.15, 0.2) is 0 Å². The third kappa shape index (κ3) is 8.30. The van der Waals surface area contributed by atoms with Crippen LogP contribution in [0, 0.1) is 5.82 Å². The zero-order valence-electron chi connectivity index (χ0n) is 25.0. The second-order valence-corrected chi connectivity index (χ2v) is 13.0. The summed E-state index contributed by atoms with van der Waals surface area (Å²) in [6, 6.07) is 16.9. The first kappa shape index (κ1) is 33.3. The first-order chi connectivity index (χ1) is 21.1. The lowest BCUT2D eigenvalue weighted by Gasteiger charge is -2.34. The van der Waals surface area contributed by atoms with Gasteiger partial charge in [0, 0.05) is 17.6 Å². The summed E-state index contributed by atoms with van der Waals surface area (Å²) in [7, 11) is -4.33. The van der Waals surface area contributed by atoms with Crippen LogP contribution in [-0.2, 0) is 26.2 Å². The molecule has 0 heterocycles. The van der Waals surface area contributed by atoms with Gasteiger partial charge in [-0.2, -0.15) is 0 Å². The number of carbonyl (C=O) groups excluding carboxylic acids is 2. The topological polar surface area (TPSA) is 96.0 Å². The molecule has 1 N–H and O–H groups in total. The van der Waals surface area contributed by atoms with Crippen molar-refractivity contribution in [1.82, 2.24) is 10.2 Å². The lowest BCUT2D eigenvalue weighted by Crippen LogP contribution is -2.54. The smallest absolute Gasteiger partial charge is 0.264 e. The van der Waals surface area contributed by atoms with E-state index in [0.29, 0.717) is 29.4 Å². The van der Waals surface area contributed by atoms with E-state index in [4.69, 9.17) is 16.3 Å². The molecule has 1 fully saturated rings. The van der Waals surface area contributed by atoms with Crippen molar-refractivity contribution in [2.24, 2.45) is 0 Å². The molecule has 0 radical (unpaired) electrons. The first-order valence-electron chi connectivity index (χ1n) is 15.0. The molecule has 0 aliphatic heterocycles. The number of amides is 2. The Morgan fingerprint density at radius 2 is 1.64 bits per heavy atom. The molecular formula is C33H39ClFN3O5S. The predicted octanol–water partition coefficient (Wildman–Crippen LogP) is 6.33. The number of halogens is 2. The molecule has 0 bridgehead atoms. The van der Waals surface area contributed by atoms with Gasteiger partial charge in [0.05, 0.1) is 17.2 Å². The number of rotatable bonds is 13. The summed E-state index contributed by atoms with van der Waals surface area (Å²) in [6.45, 7) is 3.47.